The van der Waals surface area contributed by atoms with E-state index in [9.17, 15) is 28.8 Å². The Hall–Kier alpha value is -3.22. The lowest BCUT2D eigenvalue weighted by Crippen LogP contribution is -2.65. The first kappa shape index (κ1) is 36.8. The van der Waals surface area contributed by atoms with Crippen LogP contribution in [0.5, 0.6) is 0 Å². The van der Waals surface area contributed by atoms with Gasteiger partial charge in [0.2, 0.25) is 35.9 Å². The molecule has 6 amide bonds. The minimum absolute atomic E-state index is 0.0541. The van der Waals surface area contributed by atoms with Crippen LogP contribution in [0.1, 0.15) is 68.2 Å². The third-order valence-electron chi connectivity index (χ3n) is 6.03. The standard InChI is InChI=1S/C27H51N7O6/c1-18(2)15-20(34(19(3)4)22(37)16-28-17-35)23(38)31-27(7,8)25(40)32-26(5,6)24(39)30-12-11-21(36)29-13-14-33(9)10/h17-20H,11-16H2,1-10H3,(H,28,35)(H,29,36)(H,30,39)(H,31,38)(H,32,40). The molecule has 1 atom stereocenters. The van der Waals surface area contributed by atoms with Gasteiger partial charge >= 0.3 is 0 Å². The number of carbonyl (C=O) groups excluding carboxylic acids is 6. The molecule has 0 heterocycles. The smallest absolute Gasteiger partial charge is 0.246 e. The third-order valence-corrected chi connectivity index (χ3v) is 6.03. The summed E-state index contributed by atoms with van der Waals surface area (Å²) in [6, 6.07) is -1.22. The van der Waals surface area contributed by atoms with E-state index in [1.54, 1.807) is 13.8 Å². The van der Waals surface area contributed by atoms with Crippen molar-refractivity contribution in [3.63, 3.8) is 0 Å². The first-order valence-electron chi connectivity index (χ1n) is 13.7. The number of hydrogen-bond acceptors (Lipinski definition) is 7. The van der Waals surface area contributed by atoms with Crippen LogP contribution in [0, 0.1) is 5.92 Å². The predicted octanol–water partition coefficient (Wildman–Crippen LogP) is -0.642. The number of carbonyl (C=O) groups is 6. The first-order chi connectivity index (χ1) is 18.3. The van der Waals surface area contributed by atoms with Crippen LogP contribution in [0.2, 0.25) is 0 Å². The average molecular weight is 570 g/mol. The molecule has 0 saturated heterocycles. The normalized spacial score (nSPS) is 12.5. The molecule has 0 aromatic heterocycles. The molecule has 13 heteroatoms. The molecule has 0 aliphatic heterocycles. The van der Waals surface area contributed by atoms with Gasteiger partial charge in [-0.2, -0.15) is 0 Å². The highest BCUT2D eigenvalue weighted by Crippen LogP contribution is 2.18. The van der Waals surface area contributed by atoms with Gasteiger partial charge in [-0.1, -0.05) is 13.8 Å². The maximum Gasteiger partial charge on any atom is 0.246 e. The fourth-order valence-corrected chi connectivity index (χ4v) is 3.80. The Kier molecular flexibility index (Phi) is 15.4. The number of rotatable bonds is 18. The molecule has 1 unspecified atom stereocenters. The van der Waals surface area contributed by atoms with Crippen LogP contribution in [-0.4, -0.2) is 109 Å². The third kappa shape index (κ3) is 13.2. The molecule has 230 valence electrons. The highest BCUT2D eigenvalue weighted by molar-refractivity contribution is 5.97. The van der Waals surface area contributed by atoms with Gasteiger partial charge < -0.3 is 36.4 Å². The first-order valence-corrected chi connectivity index (χ1v) is 13.7. The molecule has 0 aromatic rings. The Balaban J connectivity index is 5.34. The summed E-state index contributed by atoms with van der Waals surface area (Å²) in [6.45, 7) is 14.5. The second-order valence-corrected chi connectivity index (χ2v) is 11.9. The molecule has 0 saturated carbocycles. The van der Waals surface area contributed by atoms with Gasteiger partial charge in [0, 0.05) is 32.1 Å². The molecule has 13 nitrogen and oxygen atoms in total. The zero-order chi connectivity index (χ0) is 31.3. The van der Waals surface area contributed by atoms with Gasteiger partial charge in [0.15, 0.2) is 0 Å². The molecule has 0 radical (unpaired) electrons. The van der Waals surface area contributed by atoms with Crippen molar-refractivity contribution in [1.29, 1.82) is 0 Å². The summed E-state index contributed by atoms with van der Waals surface area (Å²) in [5.74, 6) is -2.17. The molecule has 0 aliphatic rings. The fraction of sp³-hybridized carbons (Fsp3) is 0.778. The van der Waals surface area contributed by atoms with Gasteiger partial charge in [-0.25, -0.2) is 0 Å². The average Bonchev–Trinajstić information content (AvgIpc) is 2.80. The zero-order valence-electron chi connectivity index (χ0n) is 25.9. The number of nitrogens with one attached hydrogen (secondary N) is 5. The van der Waals surface area contributed by atoms with E-state index >= 15 is 0 Å². The van der Waals surface area contributed by atoms with Gasteiger partial charge in [-0.15, -0.1) is 0 Å². The molecule has 5 N–H and O–H groups in total. The van der Waals surface area contributed by atoms with E-state index < -0.39 is 40.7 Å². The summed E-state index contributed by atoms with van der Waals surface area (Å²) >= 11 is 0. The van der Waals surface area contributed by atoms with Crippen LogP contribution in [0.4, 0.5) is 0 Å². The second kappa shape index (κ2) is 16.8. The van der Waals surface area contributed by atoms with Crippen molar-refractivity contribution in [2.45, 2.75) is 91.4 Å². The quantitative estimate of drug-likeness (QED) is 0.137. The van der Waals surface area contributed by atoms with Crippen LogP contribution in [0.3, 0.4) is 0 Å². The number of nitrogens with zero attached hydrogens (tertiary/aromatic N) is 2. The van der Waals surface area contributed by atoms with E-state index in [4.69, 9.17) is 0 Å². The van der Waals surface area contributed by atoms with Gasteiger partial charge in [0.25, 0.3) is 0 Å². The van der Waals surface area contributed by atoms with Gasteiger partial charge in [0.1, 0.15) is 17.1 Å². The van der Waals surface area contributed by atoms with Crippen molar-refractivity contribution in [3.8, 4) is 0 Å². The van der Waals surface area contributed by atoms with Crippen LogP contribution in [0.25, 0.3) is 0 Å². The fourth-order valence-electron chi connectivity index (χ4n) is 3.80. The Morgan fingerprint density at radius 1 is 0.825 bits per heavy atom. The molecule has 0 rings (SSSR count). The Labute approximate surface area is 238 Å². The number of hydrogen-bond donors (Lipinski definition) is 5. The van der Waals surface area contributed by atoms with Crippen LogP contribution < -0.4 is 26.6 Å². The SMILES string of the molecule is CC(C)CC(C(=O)NC(C)(C)C(=O)NC(C)(C)C(=O)NCCC(=O)NCCN(C)C)N(C(=O)CNC=O)C(C)C. The van der Waals surface area contributed by atoms with Crippen LogP contribution in [-0.2, 0) is 28.8 Å². The Morgan fingerprint density at radius 2 is 1.40 bits per heavy atom. The van der Waals surface area contributed by atoms with Gasteiger partial charge in [-0.05, 0) is 68.0 Å². The van der Waals surface area contributed by atoms with Gasteiger partial charge in [-0.3, -0.25) is 28.8 Å². The Bertz CT molecular complexity index is 887. The van der Waals surface area contributed by atoms with E-state index in [1.807, 2.05) is 32.8 Å². The summed E-state index contributed by atoms with van der Waals surface area (Å²) in [4.78, 5) is 78.2. The molecule has 0 fully saturated rings. The molecular formula is C27H51N7O6. The monoisotopic (exact) mass is 569 g/mol. The van der Waals surface area contributed by atoms with Crippen LogP contribution >= 0.6 is 0 Å². The predicted molar refractivity (Wildman–Crippen MR) is 153 cm³/mol. The van der Waals surface area contributed by atoms with E-state index in [-0.39, 0.29) is 37.4 Å². The second-order valence-electron chi connectivity index (χ2n) is 11.9. The topological polar surface area (TPSA) is 169 Å². The summed E-state index contributed by atoms with van der Waals surface area (Å²) in [7, 11) is 3.80. The van der Waals surface area contributed by atoms with Crippen molar-refractivity contribution < 1.29 is 28.8 Å². The van der Waals surface area contributed by atoms with Crippen molar-refractivity contribution in [2.75, 3.05) is 40.3 Å². The van der Waals surface area contributed by atoms with E-state index in [0.29, 0.717) is 25.9 Å². The number of likely N-dealkylation sites (N-methyl/N-ethyl adjacent to an activating group) is 1. The summed E-state index contributed by atoms with van der Waals surface area (Å²) in [5, 5.41) is 13.2. The Morgan fingerprint density at radius 3 is 1.90 bits per heavy atom. The van der Waals surface area contributed by atoms with Crippen molar-refractivity contribution >= 4 is 35.9 Å². The van der Waals surface area contributed by atoms with Crippen molar-refractivity contribution in [3.05, 3.63) is 0 Å². The maximum atomic E-state index is 13.4. The molecule has 0 aliphatic carbocycles. The lowest BCUT2D eigenvalue weighted by Gasteiger charge is -2.38. The van der Waals surface area contributed by atoms with E-state index in [0.717, 1.165) is 0 Å². The maximum absolute atomic E-state index is 13.4. The number of amides is 6. The lowest BCUT2D eigenvalue weighted by atomic mass is 9.96. The minimum Gasteiger partial charge on any atom is -0.355 e. The summed E-state index contributed by atoms with van der Waals surface area (Å²) < 4.78 is 0. The molecule has 0 spiro atoms. The minimum atomic E-state index is -1.43. The van der Waals surface area contributed by atoms with Crippen molar-refractivity contribution in [1.82, 2.24) is 36.4 Å². The van der Waals surface area contributed by atoms with Gasteiger partial charge in [0.05, 0.1) is 6.54 Å². The summed E-state index contributed by atoms with van der Waals surface area (Å²) in [5.41, 5.74) is -2.76. The van der Waals surface area contributed by atoms with Crippen molar-refractivity contribution in [2.24, 2.45) is 5.92 Å². The van der Waals surface area contributed by atoms with Crippen LogP contribution in [0.15, 0.2) is 0 Å². The lowest BCUT2D eigenvalue weighted by molar-refractivity contribution is -0.145. The zero-order valence-corrected chi connectivity index (χ0v) is 25.9. The molecule has 40 heavy (non-hydrogen) atoms. The molecule has 0 aromatic carbocycles. The van der Waals surface area contributed by atoms with E-state index in [2.05, 4.69) is 26.6 Å². The molecule has 0 bridgehead atoms. The largest absolute Gasteiger partial charge is 0.355 e. The highest BCUT2D eigenvalue weighted by atomic mass is 16.2. The molecular weight excluding hydrogens is 518 g/mol. The highest BCUT2D eigenvalue weighted by Gasteiger charge is 2.40. The van der Waals surface area contributed by atoms with E-state index in [1.165, 1.54) is 32.6 Å². The summed E-state index contributed by atoms with van der Waals surface area (Å²) in [6.07, 6.45) is 0.848.